The topological polar surface area (TPSA) is 236 Å². The molecule has 172 valence electrons. The molecule has 0 unspecified atom stereocenters. The highest BCUT2D eigenvalue weighted by molar-refractivity contribution is 5.55. The number of aromatic amines is 2. The molecule has 4 aromatic heterocycles. The molecule has 0 bridgehead atoms. The highest BCUT2D eigenvalue weighted by atomic mass is 35.7. The second-order valence-electron chi connectivity index (χ2n) is 5.99. The third kappa shape index (κ3) is 9.63. The number of imidazole rings is 2. The molecular formula is C17H17Cl2N5O8. The van der Waals surface area contributed by atoms with Gasteiger partial charge in [-0.25, -0.2) is 51.8 Å². The third-order valence-corrected chi connectivity index (χ3v) is 3.79. The molecule has 32 heavy (non-hydrogen) atoms. The molecule has 0 saturated carbocycles. The van der Waals surface area contributed by atoms with Crippen molar-refractivity contribution in [2.75, 3.05) is 0 Å². The van der Waals surface area contributed by atoms with Crippen LogP contribution < -0.4 is 46.8 Å². The summed E-state index contributed by atoms with van der Waals surface area (Å²) in [5.74, 6) is 1.10. The molecule has 0 aliphatic carbocycles. The summed E-state index contributed by atoms with van der Waals surface area (Å²) in [5, 5.41) is 0. The first-order valence-electron chi connectivity index (χ1n) is 8.59. The van der Waals surface area contributed by atoms with Crippen molar-refractivity contribution in [3.63, 3.8) is 0 Å². The first-order valence-corrected chi connectivity index (χ1v) is 11.1. The van der Waals surface area contributed by atoms with Gasteiger partial charge in [-0.1, -0.05) is 12.1 Å². The number of aryl methyl sites for hydroxylation is 2. The van der Waals surface area contributed by atoms with Gasteiger partial charge in [-0.15, -0.1) is 20.5 Å². The van der Waals surface area contributed by atoms with Gasteiger partial charge in [-0.2, -0.15) is 4.40 Å². The van der Waals surface area contributed by atoms with Gasteiger partial charge in [0, 0.05) is 6.20 Å². The number of hydrogen-bond acceptors (Lipinski definition) is 9. The molecule has 0 amide bonds. The molecule has 13 nitrogen and oxygen atoms in total. The van der Waals surface area contributed by atoms with E-state index in [2.05, 4.69) is 48.4 Å². The maximum atomic E-state index is 8.49. The predicted octanol–water partition coefficient (Wildman–Crippen LogP) is -7.84. The molecule has 0 atom stereocenters. The minimum atomic E-state index is -4.94. The molecule has 0 saturated heterocycles. The number of hydrogen-bond donors (Lipinski definition) is 1. The number of rotatable bonds is 4. The van der Waals surface area contributed by atoms with E-state index in [0.29, 0.717) is 0 Å². The van der Waals surface area contributed by atoms with Crippen molar-refractivity contribution in [3.05, 3.63) is 73.2 Å². The third-order valence-electron chi connectivity index (χ3n) is 3.79. The lowest BCUT2D eigenvalue weighted by Crippen LogP contribution is -2.68. The van der Waals surface area contributed by atoms with E-state index in [-0.39, 0.29) is 0 Å². The van der Waals surface area contributed by atoms with Crippen LogP contribution >= 0.6 is 0 Å². The van der Waals surface area contributed by atoms with Crippen molar-refractivity contribution in [1.29, 1.82) is 0 Å². The van der Waals surface area contributed by atoms with E-state index in [1.165, 1.54) is 11.2 Å². The summed E-state index contributed by atoms with van der Waals surface area (Å²) < 4.78 is 72.4. The Morgan fingerprint density at radius 1 is 0.938 bits per heavy atom. The quantitative estimate of drug-likeness (QED) is 0.267. The first kappa shape index (κ1) is 25.6. The predicted molar refractivity (Wildman–Crippen MR) is 81.9 cm³/mol. The summed E-state index contributed by atoms with van der Waals surface area (Å²) >= 11 is 0. The molecule has 15 heteroatoms. The van der Waals surface area contributed by atoms with Crippen LogP contribution in [0.1, 0.15) is 5.69 Å². The fourth-order valence-corrected chi connectivity index (χ4v) is 2.75. The lowest BCUT2D eigenvalue weighted by molar-refractivity contribution is -2.00. The maximum absolute atomic E-state index is 8.49. The summed E-state index contributed by atoms with van der Waals surface area (Å²) in [4.78, 5) is 10.8. The number of halogens is 2. The standard InChI is InChI=1S/C17H16N5.2ClHO4/c1-3-8-19-16(6-1)17-21(10-7-14-11-18-13-20-14)12-15-5-2-4-9-22(15)17;2*2-1(3,4)5/h1-6,8-9,11-13H,7,10H2,(H,18,20);2*(H,2,3,4,5)/q+1;;/p-1. The normalized spacial score (nSPS) is 11.4. The molecule has 0 spiro atoms. The van der Waals surface area contributed by atoms with Gasteiger partial charge in [0.1, 0.15) is 18.1 Å². The van der Waals surface area contributed by atoms with Crippen molar-refractivity contribution in [2.24, 2.45) is 0 Å². The Hall–Kier alpha value is -2.69. The van der Waals surface area contributed by atoms with Crippen molar-refractivity contribution in [2.45, 2.75) is 13.0 Å². The summed E-state index contributed by atoms with van der Waals surface area (Å²) in [6.07, 6.45) is 10.9. The van der Waals surface area contributed by atoms with Gasteiger partial charge in [0.2, 0.25) is 6.33 Å². The van der Waals surface area contributed by atoms with Crippen molar-refractivity contribution >= 4 is 5.52 Å². The average Bonchev–Trinajstić information content (AvgIpc) is 3.32. The lowest BCUT2D eigenvalue weighted by atomic mass is 10.3. The Morgan fingerprint density at radius 2 is 1.59 bits per heavy atom. The average molecular weight is 490 g/mol. The highest BCUT2D eigenvalue weighted by Crippen LogP contribution is 2.15. The van der Waals surface area contributed by atoms with Crippen molar-refractivity contribution in [1.82, 2.24) is 14.4 Å². The SMILES string of the molecule is [O-][Cl+3]([O-])([O-])[O-].[O-][Cl+3]([O-])([O-])[O-].c1ccc(-c2n3ccccc3c[n+]2CCc2c[nH+]c[nH]2)nc1. The molecule has 0 aliphatic heterocycles. The largest absolute Gasteiger partial charge is 0.312 e. The van der Waals surface area contributed by atoms with Crippen LogP contribution in [0, 0.1) is 20.5 Å². The summed E-state index contributed by atoms with van der Waals surface area (Å²) in [6.45, 7) is 0.891. The monoisotopic (exact) mass is 489 g/mol. The van der Waals surface area contributed by atoms with Gasteiger partial charge in [-0.05, 0) is 24.3 Å². The maximum Gasteiger partial charge on any atom is 0.312 e. The van der Waals surface area contributed by atoms with E-state index in [0.717, 1.165) is 24.5 Å². The fourth-order valence-electron chi connectivity index (χ4n) is 2.75. The summed E-state index contributed by atoms with van der Waals surface area (Å²) in [6, 6.07) is 12.2. The van der Waals surface area contributed by atoms with E-state index in [1.807, 2.05) is 43.0 Å². The second kappa shape index (κ2) is 11.3. The van der Waals surface area contributed by atoms with E-state index >= 15 is 0 Å². The molecule has 0 radical (unpaired) electrons. The Morgan fingerprint density at radius 3 is 2.16 bits per heavy atom. The molecule has 2 N–H and O–H groups in total. The van der Waals surface area contributed by atoms with Crippen molar-refractivity contribution in [3.8, 4) is 11.5 Å². The van der Waals surface area contributed by atoms with Crippen LogP contribution in [0.2, 0.25) is 0 Å². The zero-order valence-corrected chi connectivity index (χ0v) is 17.6. The molecule has 0 aromatic carbocycles. The smallest absolute Gasteiger partial charge is 0.250 e. The van der Waals surface area contributed by atoms with Gasteiger partial charge in [0.15, 0.2) is 11.2 Å². The summed E-state index contributed by atoms with van der Waals surface area (Å²) in [7, 11) is -9.89. The lowest BCUT2D eigenvalue weighted by Gasteiger charge is -2.17. The van der Waals surface area contributed by atoms with Crippen LogP contribution in [0.4, 0.5) is 0 Å². The van der Waals surface area contributed by atoms with Crippen LogP contribution in [0.25, 0.3) is 17.0 Å². The van der Waals surface area contributed by atoms with Gasteiger partial charge in [-0.3, -0.25) is 4.98 Å². The van der Waals surface area contributed by atoms with E-state index in [1.54, 1.807) is 0 Å². The number of fused-ring (bicyclic) bond motifs is 1. The Labute approximate surface area is 185 Å². The Bertz CT molecular complexity index is 1060. The van der Waals surface area contributed by atoms with Gasteiger partial charge in [0.05, 0.1) is 19.2 Å². The number of nitrogens with one attached hydrogen (secondary N) is 2. The van der Waals surface area contributed by atoms with Crippen LogP contribution in [0.15, 0.2) is 67.5 Å². The molecule has 0 aliphatic rings. The number of pyridine rings is 2. The fraction of sp³-hybridized carbons (Fsp3) is 0.118. The van der Waals surface area contributed by atoms with Gasteiger partial charge < -0.3 is 0 Å². The van der Waals surface area contributed by atoms with E-state index in [9.17, 15) is 0 Å². The minimum Gasteiger partial charge on any atom is -0.250 e. The molecule has 0 fully saturated rings. The number of H-pyrrole nitrogens is 2. The molecule has 4 heterocycles. The Kier molecular flexibility index (Phi) is 8.99. The van der Waals surface area contributed by atoms with Crippen LogP contribution in [-0.2, 0) is 13.0 Å². The van der Waals surface area contributed by atoms with Gasteiger partial charge >= 0.3 is 5.82 Å². The van der Waals surface area contributed by atoms with Gasteiger partial charge in [0.25, 0.3) is 0 Å². The number of nitrogens with zero attached hydrogens (tertiary/aromatic N) is 3. The minimum absolute atomic E-state index is 0.891. The second-order valence-corrected chi connectivity index (χ2v) is 7.50. The Balaban J connectivity index is 0.000000308. The van der Waals surface area contributed by atoms with Crippen LogP contribution in [0.3, 0.4) is 0 Å². The molecule has 4 aromatic rings. The zero-order valence-electron chi connectivity index (χ0n) is 16.1. The van der Waals surface area contributed by atoms with Crippen molar-refractivity contribution < 1.29 is 67.3 Å². The highest BCUT2D eigenvalue weighted by Gasteiger charge is 2.21. The number of aromatic nitrogens is 5. The summed E-state index contributed by atoms with van der Waals surface area (Å²) in [5.41, 5.74) is 3.34. The van der Waals surface area contributed by atoms with Crippen LogP contribution in [-0.4, -0.2) is 14.4 Å². The molecular weight excluding hydrogens is 473 g/mol. The first-order chi connectivity index (χ1) is 14.9. The van der Waals surface area contributed by atoms with E-state index < -0.39 is 20.5 Å². The zero-order chi connectivity index (χ0) is 23.8. The van der Waals surface area contributed by atoms with Crippen LogP contribution in [0.5, 0.6) is 0 Å². The van der Waals surface area contributed by atoms with E-state index in [4.69, 9.17) is 37.3 Å². The molecule has 4 rings (SSSR count).